The van der Waals surface area contributed by atoms with Crippen LogP contribution in [0.25, 0.3) is 10.8 Å². The Kier molecular flexibility index (Phi) is 13.0. The summed E-state index contributed by atoms with van der Waals surface area (Å²) in [5, 5.41) is 2.66. The van der Waals surface area contributed by atoms with E-state index in [9.17, 15) is 0 Å². The van der Waals surface area contributed by atoms with Gasteiger partial charge in [-0.2, -0.15) is 29.1 Å². The molecule has 0 spiro atoms. The van der Waals surface area contributed by atoms with Crippen LogP contribution in [0.3, 0.4) is 0 Å². The van der Waals surface area contributed by atoms with Crippen LogP contribution >= 0.6 is 33.5 Å². The normalized spacial score (nSPS) is 10.6. The zero-order chi connectivity index (χ0) is 17.2. The summed E-state index contributed by atoms with van der Waals surface area (Å²) in [6, 6.07) is 14.7. The average Bonchev–Trinajstić information content (AvgIpc) is 2.84. The molecule has 2 rings (SSSR count). The van der Waals surface area contributed by atoms with Gasteiger partial charge in [0, 0.05) is 0 Å². The molecule has 0 bridgehead atoms. The molecule has 0 amide bonds. The first kappa shape index (κ1) is 23.0. The fourth-order valence-electron chi connectivity index (χ4n) is 1.53. The van der Waals surface area contributed by atoms with E-state index in [4.69, 9.17) is 25.5 Å². The summed E-state index contributed by atoms with van der Waals surface area (Å²) < 4.78 is 0. The minimum absolute atomic E-state index is 0.280. The van der Waals surface area contributed by atoms with E-state index in [1.807, 2.05) is 0 Å². The summed E-state index contributed by atoms with van der Waals surface area (Å²) in [5.41, 5.74) is 0.423. The molecule has 0 saturated carbocycles. The van der Waals surface area contributed by atoms with Crippen LogP contribution in [0.2, 0.25) is 0 Å². The summed E-state index contributed by atoms with van der Waals surface area (Å²) in [4.78, 5) is 0. The molecule has 0 aliphatic heterocycles. The molecule has 2 aromatic rings. The van der Waals surface area contributed by atoms with Gasteiger partial charge in [-0.15, -0.1) is 37.6 Å². The van der Waals surface area contributed by atoms with Gasteiger partial charge in [0.2, 0.25) is 0 Å². The van der Waals surface area contributed by atoms with Crippen LogP contribution in [0.5, 0.6) is 0 Å². The van der Waals surface area contributed by atoms with E-state index in [1.54, 1.807) is 0 Å². The summed E-state index contributed by atoms with van der Waals surface area (Å²) in [6.07, 6.45) is 3.72. The van der Waals surface area contributed by atoms with Crippen molar-refractivity contribution >= 4 is 44.2 Å². The monoisotopic (exact) mass is 455 g/mol. The number of rotatable bonds is 2. The summed E-state index contributed by atoms with van der Waals surface area (Å²) in [6.45, 7) is 11.4. The van der Waals surface area contributed by atoms with Gasteiger partial charge in [0.25, 0.3) is 0 Å². The first-order valence-corrected chi connectivity index (χ1v) is 19.0. The second kappa shape index (κ2) is 12.4. The Morgan fingerprint density at radius 3 is 2.05 bits per heavy atom. The standard InChI is InChI=1S/C9H7.C8H18P.3ClH.Zr/c1-2-5-9-7-3-6-8(9)4-1;1-8(2,3)6-7-9(4)5;;;;/h1-7H;6H,7H2,1-5H3;3*1H;/q2*-1;;;;+3/p-3. The van der Waals surface area contributed by atoms with Gasteiger partial charge in [0.05, 0.1) is 0 Å². The van der Waals surface area contributed by atoms with Gasteiger partial charge in [0.15, 0.2) is 0 Å². The average molecular weight is 458 g/mol. The maximum absolute atomic E-state index is 5.00. The van der Waals surface area contributed by atoms with Crippen molar-refractivity contribution in [2.24, 2.45) is 5.41 Å². The van der Waals surface area contributed by atoms with E-state index >= 15 is 0 Å². The molecular weight excluding hydrogens is 433 g/mol. The molecule has 0 heterocycles. The number of hydrogen-bond donors (Lipinski definition) is 0. The van der Waals surface area contributed by atoms with Crippen LogP contribution in [0.15, 0.2) is 42.5 Å². The zero-order valence-electron chi connectivity index (χ0n) is 13.9. The third-order valence-electron chi connectivity index (χ3n) is 2.62. The Bertz CT molecular complexity index is 471. The zero-order valence-corrected chi connectivity index (χ0v) is 19.5. The minimum Gasteiger partial charge on any atom is -0.168 e. The quantitative estimate of drug-likeness (QED) is 0.321. The van der Waals surface area contributed by atoms with E-state index < -0.39 is 18.2 Å². The van der Waals surface area contributed by atoms with Crippen molar-refractivity contribution in [2.75, 3.05) is 19.5 Å². The van der Waals surface area contributed by atoms with Crippen molar-refractivity contribution in [3.05, 3.63) is 48.9 Å². The molecule has 0 saturated heterocycles. The fraction of sp³-hybridized carbons (Fsp3) is 0.412. The van der Waals surface area contributed by atoms with Crippen LogP contribution in [0, 0.1) is 11.8 Å². The second-order valence-electron chi connectivity index (χ2n) is 6.20. The van der Waals surface area contributed by atoms with E-state index in [-0.39, 0.29) is 7.92 Å². The molecule has 0 nitrogen and oxygen atoms in total. The molecule has 0 aromatic heterocycles. The van der Waals surface area contributed by atoms with Gasteiger partial charge in [-0.05, 0) is 13.3 Å². The second-order valence-corrected chi connectivity index (χ2v) is 19.9. The molecule has 0 radical (unpaired) electrons. The smallest absolute Gasteiger partial charge is 0.0809 e. The van der Waals surface area contributed by atoms with Crippen molar-refractivity contribution in [3.63, 3.8) is 0 Å². The number of hydrogen-bond acceptors (Lipinski definition) is 0. The third-order valence-corrected chi connectivity index (χ3v) is 3.53. The summed E-state index contributed by atoms with van der Waals surface area (Å²) in [7, 11) is 15.3. The fourth-order valence-corrected chi connectivity index (χ4v) is 2.44. The largest absolute Gasteiger partial charge is 0.168 e. The first-order chi connectivity index (χ1) is 10.1. The van der Waals surface area contributed by atoms with Crippen molar-refractivity contribution < 1.29 is 18.2 Å². The molecule has 2 aromatic carbocycles. The molecule has 0 unspecified atom stereocenters. The van der Waals surface area contributed by atoms with Crippen LogP contribution in [-0.4, -0.2) is 19.5 Å². The Hall–Kier alpha value is 1.01. The Labute approximate surface area is 156 Å². The van der Waals surface area contributed by atoms with Crippen molar-refractivity contribution in [3.8, 4) is 0 Å². The topological polar surface area (TPSA) is 0 Å². The molecule has 22 heavy (non-hydrogen) atoms. The van der Waals surface area contributed by atoms with E-state index in [0.29, 0.717) is 5.41 Å². The van der Waals surface area contributed by atoms with Crippen LogP contribution in [0.4, 0.5) is 0 Å². The molecule has 125 valence electrons. The Balaban J connectivity index is 0.000000326. The number of halogens is 3. The van der Waals surface area contributed by atoms with Crippen molar-refractivity contribution in [1.82, 2.24) is 0 Å². The molecule has 0 aliphatic rings. The Morgan fingerprint density at radius 2 is 1.64 bits per heavy atom. The predicted molar refractivity (Wildman–Crippen MR) is 104 cm³/mol. The van der Waals surface area contributed by atoms with Gasteiger partial charge >= 0.3 is 43.7 Å². The van der Waals surface area contributed by atoms with Gasteiger partial charge in [0.1, 0.15) is 0 Å². The third kappa shape index (κ3) is 14.6. The van der Waals surface area contributed by atoms with Crippen LogP contribution in [0.1, 0.15) is 20.8 Å². The van der Waals surface area contributed by atoms with Crippen LogP contribution in [-0.2, 0) is 18.2 Å². The molecule has 5 heteroatoms. The summed E-state index contributed by atoms with van der Waals surface area (Å²) >= 11 is -2.13. The predicted octanol–water partition coefficient (Wildman–Crippen LogP) is 7.60. The maximum Gasteiger partial charge on any atom is -0.0809 e. The molecule has 0 fully saturated rings. The van der Waals surface area contributed by atoms with Gasteiger partial charge in [-0.25, -0.2) is 0 Å². The molecule has 0 N–H and O–H groups in total. The van der Waals surface area contributed by atoms with Crippen molar-refractivity contribution in [1.29, 1.82) is 0 Å². The van der Waals surface area contributed by atoms with Gasteiger partial charge < -0.3 is 6.42 Å². The minimum atomic E-state index is -2.13. The number of benzene rings is 1. The van der Waals surface area contributed by atoms with Gasteiger partial charge in [-0.1, -0.05) is 26.8 Å². The molecule has 0 atom stereocenters. The molecular formula is C17H25Cl3PZr-2. The van der Waals surface area contributed by atoms with E-state index in [2.05, 4.69) is 83.0 Å². The first-order valence-electron chi connectivity index (χ1n) is 7.05. The van der Waals surface area contributed by atoms with Gasteiger partial charge in [-0.3, -0.25) is 0 Å². The number of fused-ring (bicyclic) bond motifs is 1. The Morgan fingerprint density at radius 1 is 1.09 bits per heavy atom. The molecule has 0 aliphatic carbocycles. The SMILES string of the molecule is CP(C)C[CH-]C(C)(C)C.[Cl][Zr]([Cl])[Cl].c1ccc2[cH-]ccc2c1. The van der Waals surface area contributed by atoms with E-state index in [0.717, 1.165) is 0 Å². The maximum atomic E-state index is 5.00. The van der Waals surface area contributed by atoms with Crippen molar-refractivity contribution in [2.45, 2.75) is 20.8 Å². The van der Waals surface area contributed by atoms with E-state index in [1.165, 1.54) is 16.9 Å². The van der Waals surface area contributed by atoms with Crippen LogP contribution < -0.4 is 0 Å². The summed E-state index contributed by atoms with van der Waals surface area (Å²) in [5.74, 6) is 0.